The maximum atomic E-state index is 13.6. The Bertz CT molecular complexity index is 529. The first-order valence-electron chi connectivity index (χ1n) is 5.51. The Kier molecular flexibility index (Phi) is 3.98. The van der Waals surface area contributed by atoms with Crippen LogP contribution < -0.4 is 16.8 Å². The van der Waals surface area contributed by atoms with Gasteiger partial charge < -0.3 is 21.9 Å². The molecule has 0 aliphatic rings. The zero-order valence-electron chi connectivity index (χ0n) is 10.7. The smallest absolute Gasteiger partial charge is 0.337 e. The van der Waals surface area contributed by atoms with Crippen molar-refractivity contribution >= 4 is 23.3 Å². The molecule has 1 aromatic rings. The van der Waals surface area contributed by atoms with Gasteiger partial charge in [-0.15, -0.1) is 0 Å². The number of carbonyl (C=O) groups is 2. The number of primary amides is 1. The zero-order valence-corrected chi connectivity index (χ0v) is 10.7. The summed E-state index contributed by atoms with van der Waals surface area (Å²) in [6, 6.07) is 2.01. The summed E-state index contributed by atoms with van der Waals surface area (Å²) >= 11 is 0. The number of amides is 1. The van der Waals surface area contributed by atoms with Crippen molar-refractivity contribution in [3.8, 4) is 0 Å². The average Bonchev–Trinajstić information content (AvgIpc) is 2.27. The molecule has 0 aliphatic heterocycles. The van der Waals surface area contributed by atoms with Crippen LogP contribution in [0.5, 0.6) is 0 Å². The van der Waals surface area contributed by atoms with E-state index in [-0.39, 0.29) is 23.5 Å². The number of aromatic carboxylic acids is 1. The van der Waals surface area contributed by atoms with Gasteiger partial charge in [0.1, 0.15) is 5.82 Å². The predicted molar refractivity (Wildman–Crippen MR) is 69.2 cm³/mol. The number of anilines is 2. The largest absolute Gasteiger partial charge is 0.478 e. The highest BCUT2D eigenvalue weighted by Gasteiger charge is 2.25. The number of carboxylic acids is 1. The fourth-order valence-corrected chi connectivity index (χ4v) is 1.31. The Balaban J connectivity index is 2.99. The molecule has 0 heterocycles. The quantitative estimate of drug-likeness (QED) is 0.595. The van der Waals surface area contributed by atoms with Crippen LogP contribution >= 0.6 is 0 Å². The number of halogens is 1. The Morgan fingerprint density at radius 3 is 2.47 bits per heavy atom. The lowest BCUT2D eigenvalue weighted by Crippen LogP contribution is -2.37. The fraction of sp³-hybridized carbons (Fsp3) is 0.333. The van der Waals surface area contributed by atoms with Gasteiger partial charge in [-0.05, 0) is 26.0 Å². The van der Waals surface area contributed by atoms with Gasteiger partial charge in [0.2, 0.25) is 5.91 Å². The van der Waals surface area contributed by atoms with Gasteiger partial charge in [0.15, 0.2) is 0 Å². The third-order valence-electron chi connectivity index (χ3n) is 2.76. The number of benzene rings is 1. The second-order valence-electron chi connectivity index (χ2n) is 4.83. The van der Waals surface area contributed by atoms with Crippen LogP contribution in [0.2, 0.25) is 0 Å². The summed E-state index contributed by atoms with van der Waals surface area (Å²) in [6.07, 6.45) is 0. The molecule has 0 unspecified atom stereocenters. The van der Waals surface area contributed by atoms with E-state index in [1.54, 1.807) is 13.8 Å². The van der Waals surface area contributed by atoms with Gasteiger partial charge >= 0.3 is 5.97 Å². The molecule has 6 nitrogen and oxygen atoms in total. The molecule has 0 fully saturated rings. The highest BCUT2D eigenvalue weighted by atomic mass is 19.1. The molecule has 1 rings (SSSR count). The van der Waals surface area contributed by atoms with E-state index in [4.69, 9.17) is 16.6 Å². The van der Waals surface area contributed by atoms with Gasteiger partial charge in [-0.25, -0.2) is 9.18 Å². The fourth-order valence-electron chi connectivity index (χ4n) is 1.31. The summed E-state index contributed by atoms with van der Waals surface area (Å²) < 4.78 is 13.6. The first-order chi connectivity index (χ1) is 8.65. The first-order valence-corrected chi connectivity index (χ1v) is 5.51. The SMILES string of the molecule is CC(C)(CNc1cc(C(=O)O)c(N)cc1F)C(N)=O. The Morgan fingerprint density at radius 2 is 2.00 bits per heavy atom. The first kappa shape index (κ1) is 14.7. The summed E-state index contributed by atoms with van der Waals surface area (Å²) in [4.78, 5) is 22.0. The third-order valence-corrected chi connectivity index (χ3v) is 2.76. The van der Waals surface area contributed by atoms with E-state index in [1.165, 1.54) is 0 Å². The molecule has 0 aliphatic carbocycles. The van der Waals surface area contributed by atoms with E-state index in [2.05, 4.69) is 5.32 Å². The number of carboxylic acid groups (broad SMARTS) is 1. The molecule has 1 aromatic carbocycles. The maximum Gasteiger partial charge on any atom is 0.337 e. The minimum Gasteiger partial charge on any atom is -0.478 e. The van der Waals surface area contributed by atoms with Crippen LogP contribution in [0.3, 0.4) is 0 Å². The van der Waals surface area contributed by atoms with Crippen LogP contribution in [0.15, 0.2) is 12.1 Å². The number of nitrogens with one attached hydrogen (secondary N) is 1. The van der Waals surface area contributed by atoms with Crippen molar-refractivity contribution in [2.45, 2.75) is 13.8 Å². The molecule has 0 bridgehead atoms. The molecule has 1 amide bonds. The zero-order chi connectivity index (χ0) is 14.8. The van der Waals surface area contributed by atoms with E-state index in [0.29, 0.717) is 0 Å². The minimum atomic E-state index is -1.25. The molecule has 0 saturated carbocycles. The van der Waals surface area contributed by atoms with E-state index in [1.807, 2.05) is 0 Å². The van der Waals surface area contributed by atoms with Crippen LogP contribution in [0, 0.1) is 11.2 Å². The summed E-state index contributed by atoms with van der Waals surface area (Å²) in [7, 11) is 0. The monoisotopic (exact) mass is 269 g/mol. The van der Waals surface area contributed by atoms with Gasteiger partial charge in [0, 0.05) is 12.2 Å². The van der Waals surface area contributed by atoms with Gasteiger partial charge in [0.25, 0.3) is 0 Å². The number of carbonyl (C=O) groups excluding carboxylic acids is 1. The molecule has 0 radical (unpaired) electrons. The highest BCUT2D eigenvalue weighted by Crippen LogP contribution is 2.24. The Morgan fingerprint density at radius 1 is 1.42 bits per heavy atom. The van der Waals surface area contributed by atoms with Crippen molar-refractivity contribution in [2.24, 2.45) is 11.1 Å². The number of nitrogen functional groups attached to an aromatic ring is 1. The molecule has 0 spiro atoms. The van der Waals surface area contributed by atoms with Crippen molar-refractivity contribution in [3.63, 3.8) is 0 Å². The van der Waals surface area contributed by atoms with Crippen LogP contribution in [-0.4, -0.2) is 23.5 Å². The van der Waals surface area contributed by atoms with Gasteiger partial charge in [-0.1, -0.05) is 0 Å². The number of rotatable bonds is 5. The molecule has 19 heavy (non-hydrogen) atoms. The van der Waals surface area contributed by atoms with Gasteiger partial charge in [-0.2, -0.15) is 0 Å². The molecule has 104 valence electrons. The summed E-state index contributed by atoms with van der Waals surface area (Å²) in [6.45, 7) is 3.26. The molecular formula is C12H16FN3O3. The van der Waals surface area contributed by atoms with Gasteiger partial charge in [0.05, 0.1) is 16.7 Å². The van der Waals surface area contributed by atoms with Crippen LogP contribution in [-0.2, 0) is 4.79 Å². The van der Waals surface area contributed by atoms with E-state index >= 15 is 0 Å². The summed E-state index contributed by atoms with van der Waals surface area (Å²) in [5.74, 6) is -2.49. The number of hydrogen-bond acceptors (Lipinski definition) is 4. The Labute approximate surface area is 109 Å². The molecule has 0 atom stereocenters. The molecule has 7 heteroatoms. The van der Waals surface area contributed by atoms with E-state index in [9.17, 15) is 14.0 Å². The molecule has 0 saturated heterocycles. The maximum absolute atomic E-state index is 13.6. The Hall–Kier alpha value is -2.31. The summed E-state index contributed by atoms with van der Waals surface area (Å²) in [5, 5.41) is 11.6. The third kappa shape index (κ3) is 3.34. The van der Waals surface area contributed by atoms with E-state index < -0.39 is 23.1 Å². The van der Waals surface area contributed by atoms with Crippen molar-refractivity contribution in [2.75, 3.05) is 17.6 Å². The van der Waals surface area contributed by atoms with Gasteiger partial charge in [-0.3, -0.25) is 4.79 Å². The van der Waals surface area contributed by atoms with Crippen molar-refractivity contribution in [3.05, 3.63) is 23.5 Å². The van der Waals surface area contributed by atoms with Crippen molar-refractivity contribution in [1.29, 1.82) is 0 Å². The lowest BCUT2D eigenvalue weighted by atomic mass is 9.92. The van der Waals surface area contributed by atoms with Crippen molar-refractivity contribution < 1.29 is 19.1 Å². The molecule has 6 N–H and O–H groups in total. The van der Waals surface area contributed by atoms with E-state index in [0.717, 1.165) is 12.1 Å². The predicted octanol–water partition coefficient (Wildman–Crippen LogP) is 1.03. The second-order valence-corrected chi connectivity index (χ2v) is 4.83. The summed E-state index contributed by atoms with van der Waals surface area (Å²) in [5.41, 5.74) is 9.28. The number of nitrogens with two attached hydrogens (primary N) is 2. The average molecular weight is 269 g/mol. The molecular weight excluding hydrogens is 253 g/mol. The number of hydrogen-bond donors (Lipinski definition) is 4. The van der Waals surface area contributed by atoms with Crippen LogP contribution in [0.1, 0.15) is 24.2 Å². The standard InChI is InChI=1S/C12H16FN3O3/c1-12(2,11(15)19)5-16-9-3-6(10(17)18)8(14)4-7(9)13/h3-4,16H,5,14H2,1-2H3,(H2,15,19)(H,17,18). The molecule has 0 aromatic heterocycles. The minimum absolute atomic E-state index is 0.0408. The van der Waals surface area contributed by atoms with Crippen LogP contribution in [0.25, 0.3) is 0 Å². The lowest BCUT2D eigenvalue weighted by molar-refractivity contribution is -0.125. The topological polar surface area (TPSA) is 118 Å². The highest BCUT2D eigenvalue weighted by molar-refractivity contribution is 5.95. The normalized spacial score (nSPS) is 11.1. The second kappa shape index (κ2) is 5.13. The van der Waals surface area contributed by atoms with Crippen molar-refractivity contribution in [1.82, 2.24) is 0 Å². The lowest BCUT2D eigenvalue weighted by Gasteiger charge is -2.22. The van der Waals surface area contributed by atoms with Crippen LogP contribution in [0.4, 0.5) is 15.8 Å².